The van der Waals surface area contributed by atoms with Crippen molar-refractivity contribution in [2.75, 3.05) is 0 Å². The van der Waals surface area contributed by atoms with Crippen LogP contribution in [0.5, 0.6) is 0 Å². The number of ketones is 1. The molecule has 0 aromatic heterocycles. The van der Waals surface area contributed by atoms with Crippen LogP contribution in [0.1, 0.15) is 22.0 Å². The molecule has 0 aliphatic rings. The Hall–Kier alpha value is -2.71. The molecule has 2 heteroatoms. The molecule has 3 aromatic rings. The molecule has 0 aliphatic carbocycles. The molecule has 0 aliphatic heterocycles. The van der Waals surface area contributed by atoms with Gasteiger partial charge in [0, 0.05) is 11.1 Å². The van der Waals surface area contributed by atoms with Crippen molar-refractivity contribution < 1.29 is 9.90 Å². The summed E-state index contributed by atoms with van der Waals surface area (Å²) in [5, 5.41) is 12.4. The largest absolute Gasteiger partial charge is 0.384 e. The van der Waals surface area contributed by atoms with Gasteiger partial charge in [0.2, 0.25) is 0 Å². The third-order valence-electron chi connectivity index (χ3n) is 3.75. The van der Waals surface area contributed by atoms with E-state index in [0.29, 0.717) is 11.1 Å². The van der Waals surface area contributed by atoms with Crippen LogP contribution >= 0.6 is 0 Å². The van der Waals surface area contributed by atoms with Crippen LogP contribution in [0.15, 0.2) is 84.9 Å². The number of rotatable bonds is 4. The number of aliphatic hydroxyl groups is 1. The van der Waals surface area contributed by atoms with Crippen LogP contribution in [0.25, 0.3) is 10.8 Å². The Morgan fingerprint density at radius 1 is 0.864 bits per heavy atom. The van der Waals surface area contributed by atoms with Crippen LogP contribution in [-0.2, 0) is 0 Å². The van der Waals surface area contributed by atoms with Gasteiger partial charge < -0.3 is 5.11 Å². The average Bonchev–Trinajstić information content (AvgIpc) is 2.60. The maximum absolute atomic E-state index is 12.5. The number of hydrogen-bond donors (Lipinski definition) is 1. The first-order valence-corrected chi connectivity index (χ1v) is 7.12. The molecular formula is C20H16O2. The van der Waals surface area contributed by atoms with Gasteiger partial charge in [-0.25, -0.2) is 0 Å². The Kier molecular flexibility index (Phi) is 3.86. The molecule has 22 heavy (non-hydrogen) atoms. The van der Waals surface area contributed by atoms with Gasteiger partial charge >= 0.3 is 0 Å². The second-order valence-electron chi connectivity index (χ2n) is 5.23. The summed E-state index contributed by atoms with van der Waals surface area (Å²) in [4.78, 5) is 12.5. The summed E-state index contributed by atoms with van der Waals surface area (Å²) in [6, 6.07) is 22.4. The van der Waals surface area contributed by atoms with Crippen molar-refractivity contribution in [3.8, 4) is 0 Å². The van der Waals surface area contributed by atoms with Gasteiger partial charge in [-0.2, -0.15) is 0 Å². The third-order valence-corrected chi connectivity index (χ3v) is 3.75. The third kappa shape index (κ3) is 2.69. The lowest BCUT2D eigenvalue weighted by atomic mass is 9.94. The summed E-state index contributed by atoms with van der Waals surface area (Å²) < 4.78 is 0. The predicted octanol–water partition coefficient (Wildman–Crippen LogP) is 4.31. The van der Waals surface area contributed by atoms with Crippen molar-refractivity contribution in [1.82, 2.24) is 0 Å². The maximum Gasteiger partial charge on any atom is 0.191 e. The van der Waals surface area contributed by atoms with E-state index in [1.165, 1.54) is 0 Å². The summed E-state index contributed by atoms with van der Waals surface area (Å²) in [7, 11) is 0. The Morgan fingerprint density at radius 2 is 1.50 bits per heavy atom. The Bertz CT molecular complexity index is 834. The molecular weight excluding hydrogens is 272 g/mol. The number of hydrogen-bond acceptors (Lipinski definition) is 2. The second kappa shape index (κ2) is 5.96. The minimum Gasteiger partial charge on any atom is -0.384 e. The molecule has 2 nitrogen and oxygen atoms in total. The fourth-order valence-corrected chi connectivity index (χ4v) is 2.48. The standard InChI is InChI=1S/C20H16O2/c1-14(19(21)16-8-3-2-4-9-16)20(22)18-12-11-15-7-5-6-10-17(15)13-18/h2-13,19,21H,1H2/t19-/m1/s1. The minimum atomic E-state index is -0.986. The van der Waals surface area contributed by atoms with E-state index >= 15 is 0 Å². The highest BCUT2D eigenvalue weighted by atomic mass is 16.3. The highest BCUT2D eigenvalue weighted by Gasteiger charge is 2.19. The number of Topliss-reactive ketones (excluding diaryl/α,β-unsaturated/α-hetero) is 1. The van der Waals surface area contributed by atoms with Gasteiger partial charge in [0.15, 0.2) is 5.78 Å². The molecule has 3 rings (SSSR count). The molecule has 3 aromatic carbocycles. The van der Waals surface area contributed by atoms with E-state index < -0.39 is 6.10 Å². The number of fused-ring (bicyclic) bond motifs is 1. The van der Waals surface area contributed by atoms with E-state index in [1.54, 1.807) is 18.2 Å². The van der Waals surface area contributed by atoms with Crippen LogP contribution in [0.3, 0.4) is 0 Å². The zero-order valence-electron chi connectivity index (χ0n) is 12.1. The lowest BCUT2D eigenvalue weighted by Crippen LogP contribution is -2.11. The van der Waals surface area contributed by atoms with Crippen molar-refractivity contribution in [1.29, 1.82) is 0 Å². The first-order valence-electron chi connectivity index (χ1n) is 7.12. The molecule has 0 radical (unpaired) electrons. The Morgan fingerprint density at radius 3 is 2.23 bits per heavy atom. The van der Waals surface area contributed by atoms with Gasteiger partial charge in [-0.1, -0.05) is 73.3 Å². The van der Waals surface area contributed by atoms with Crippen LogP contribution in [-0.4, -0.2) is 10.9 Å². The normalized spacial score (nSPS) is 12.0. The molecule has 0 bridgehead atoms. The van der Waals surface area contributed by atoms with Gasteiger partial charge in [-0.05, 0) is 22.4 Å². The highest BCUT2D eigenvalue weighted by Crippen LogP contribution is 2.24. The van der Waals surface area contributed by atoms with Crippen LogP contribution in [0.2, 0.25) is 0 Å². The summed E-state index contributed by atoms with van der Waals surface area (Å²) >= 11 is 0. The molecule has 1 N–H and O–H groups in total. The summed E-state index contributed by atoms with van der Waals surface area (Å²) in [5.74, 6) is -0.234. The Balaban J connectivity index is 1.90. The van der Waals surface area contributed by atoms with E-state index in [-0.39, 0.29) is 11.4 Å². The van der Waals surface area contributed by atoms with Crippen molar-refractivity contribution in [2.24, 2.45) is 0 Å². The first-order chi connectivity index (χ1) is 10.7. The van der Waals surface area contributed by atoms with Crippen molar-refractivity contribution >= 4 is 16.6 Å². The summed E-state index contributed by atoms with van der Waals surface area (Å²) in [6.45, 7) is 3.79. The smallest absolute Gasteiger partial charge is 0.191 e. The van der Waals surface area contributed by atoms with Gasteiger partial charge in [-0.3, -0.25) is 4.79 Å². The van der Waals surface area contributed by atoms with Gasteiger partial charge in [0.05, 0.1) is 0 Å². The van der Waals surface area contributed by atoms with Gasteiger partial charge in [-0.15, -0.1) is 0 Å². The molecule has 0 heterocycles. The number of carbonyl (C=O) groups is 1. The van der Waals surface area contributed by atoms with Crippen molar-refractivity contribution in [2.45, 2.75) is 6.10 Å². The van der Waals surface area contributed by atoms with Crippen LogP contribution < -0.4 is 0 Å². The quantitative estimate of drug-likeness (QED) is 0.573. The number of benzene rings is 3. The fourth-order valence-electron chi connectivity index (χ4n) is 2.48. The van der Waals surface area contributed by atoms with E-state index in [1.807, 2.05) is 54.6 Å². The lowest BCUT2D eigenvalue weighted by Gasteiger charge is -2.13. The predicted molar refractivity (Wildman–Crippen MR) is 88.8 cm³/mol. The molecule has 0 unspecified atom stereocenters. The lowest BCUT2D eigenvalue weighted by molar-refractivity contribution is 0.0988. The minimum absolute atomic E-state index is 0.182. The molecule has 108 valence electrons. The zero-order valence-corrected chi connectivity index (χ0v) is 12.1. The summed E-state index contributed by atoms with van der Waals surface area (Å²) in [6.07, 6.45) is -0.986. The van der Waals surface area contributed by atoms with Gasteiger partial charge in [0.1, 0.15) is 6.10 Å². The van der Waals surface area contributed by atoms with Crippen LogP contribution in [0, 0.1) is 0 Å². The van der Waals surface area contributed by atoms with E-state index in [2.05, 4.69) is 6.58 Å². The van der Waals surface area contributed by atoms with Crippen molar-refractivity contribution in [3.63, 3.8) is 0 Å². The molecule has 0 saturated carbocycles. The molecule has 0 saturated heterocycles. The molecule has 1 atom stereocenters. The SMILES string of the molecule is C=C(C(=O)c1ccc2ccccc2c1)[C@@H](O)c1ccccc1. The maximum atomic E-state index is 12.5. The monoisotopic (exact) mass is 288 g/mol. The van der Waals surface area contributed by atoms with Crippen molar-refractivity contribution in [3.05, 3.63) is 96.1 Å². The van der Waals surface area contributed by atoms with Crippen LogP contribution in [0.4, 0.5) is 0 Å². The second-order valence-corrected chi connectivity index (χ2v) is 5.23. The molecule has 0 spiro atoms. The number of carbonyl (C=O) groups excluding carboxylic acids is 1. The molecule has 0 fully saturated rings. The zero-order chi connectivity index (χ0) is 15.5. The topological polar surface area (TPSA) is 37.3 Å². The van der Waals surface area contributed by atoms with E-state index in [4.69, 9.17) is 0 Å². The average molecular weight is 288 g/mol. The summed E-state index contributed by atoms with van der Waals surface area (Å²) in [5.41, 5.74) is 1.39. The van der Waals surface area contributed by atoms with E-state index in [0.717, 1.165) is 10.8 Å². The fraction of sp³-hybridized carbons (Fsp3) is 0.0500. The first kappa shape index (κ1) is 14.2. The number of aliphatic hydroxyl groups excluding tert-OH is 1. The Labute approximate surface area is 129 Å². The highest BCUT2D eigenvalue weighted by molar-refractivity contribution is 6.10. The van der Waals surface area contributed by atoms with Gasteiger partial charge in [0.25, 0.3) is 0 Å². The van der Waals surface area contributed by atoms with E-state index in [9.17, 15) is 9.90 Å². The molecule has 0 amide bonds.